The molecule has 3 N–H and O–H groups in total. The molecule has 2 aromatic rings. The molecule has 0 aliphatic carbocycles. The van der Waals surface area contributed by atoms with Gasteiger partial charge in [0.1, 0.15) is 5.82 Å². The first kappa shape index (κ1) is 7.53. The monoisotopic (exact) mass is 178 g/mol. The minimum atomic E-state index is -0.591. The van der Waals surface area contributed by atoms with Gasteiger partial charge in [0.05, 0.1) is 5.56 Å². The van der Waals surface area contributed by atoms with E-state index in [0.29, 0.717) is 11.4 Å². The van der Waals surface area contributed by atoms with Crippen LogP contribution in [0.25, 0.3) is 11.5 Å². The number of nitrogens with one attached hydrogen (secondary N) is 1. The van der Waals surface area contributed by atoms with Gasteiger partial charge in [-0.05, 0) is 12.1 Å². The average Bonchev–Trinajstić information content (AvgIpc) is 2.53. The van der Waals surface area contributed by atoms with Crippen LogP contribution >= 0.6 is 0 Å². The molecule has 0 atom stereocenters. The van der Waals surface area contributed by atoms with Crippen LogP contribution in [0.4, 0.5) is 5.82 Å². The Bertz CT molecular complexity index is 456. The molecule has 0 aliphatic heterocycles. The number of aromatic amines is 1. The summed E-state index contributed by atoms with van der Waals surface area (Å²) in [5.74, 6) is 0.0194. The molecule has 2 rings (SSSR count). The van der Waals surface area contributed by atoms with Crippen molar-refractivity contribution in [3.05, 3.63) is 28.9 Å². The summed E-state index contributed by atoms with van der Waals surface area (Å²) >= 11 is 0. The van der Waals surface area contributed by atoms with Crippen LogP contribution in [0.15, 0.2) is 27.5 Å². The summed E-state index contributed by atoms with van der Waals surface area (Å²) < 4.78 is 4.71. The van der Waals surface area contributed by atoms with Crippen LogP contribution in [-0.4, -0.2) is 15.2 Å². The fraction of sp³-hybridized carbons (Fsp3) is 0. The second-order valence-electron chi connectivity index (χ2n) is 2.39. The number of rotatable bonds is 1. The third-order valence-electron chi connectivity index (χ3n) is 1.47. The fourth-order valence-corrected chi connectivity index (χ4v) is 0.885. The van der Waals surface area contributed by atoms with Crippen LogP contribution in [0.1, 0.15) is 0 Å². The van der Waals surface area contributed by atoms with Gasteiger partial charge < -0.3 is 10.2 Å². The molecule has 2 aromatic heterocycles. The van der Waals surface area contributed by atoms with Crippen LogP contribution in [0.2, 0.25) is 0 Å². The first-order valence-electron chi connectivity index (χ1n) is 3.53. The zero-order valence-corrected chi connectivity index (χ0v) is 6.52. The highest BCUT2D eigenvalue weighted by atomic mass is 16.4. The summed E-state index contributed by atoms with van der Waals surface area (Å²) in [7, 11) is 0. The molecule has 13 heavy (non-hydrogen) atoms. The van der Waals surface area contributed by atoms with E-state index in [-0.39, 0.29) is 5.89 Å². The number of hydrogen-bond acceptors (Lipinski definition) is 5. The Morgan fingerprint density at radius 2 is 2.31 bits per heavy atom. The average molecular weight is 178 g/mol. The Kier molecular flexibility index (Phi) is 1.59. The zero-order chi connectivity index (χ0) is 9.26. The van der Waals surface area contributed by atoms with Crippen molar-refractivity contribution in [1.82, 2.24) is 15.2 Å². The number of anilines is 1. The maximum atomic E-state index is 10.6. The standard InChI is InChI=1S/C7H6N4O2/c8-5-2-1-4(3-9-5)6-10-11-7(12)13-6/h1-3H,(H2,8,9)(H,11,12). The molecule has 0 aromatic carbocycles. The Morgan fingerprint density at radius 3 is 2.85 bits per heavy atom. The highest BCUT2D eigenvalue weighted by Crippen LogP contribution is 2.13. The molecule has 6 nitrogen and oxygen atoms in total. The molecule has 6 heteroatoms. The van der Waals surface area contributed by atoms with E-state index >= 15 is 0 Å². The predicted molar refractivity (Wildman–Crippen MR) is 44.8 cm³/mol. The van der Waals surface area contributed by atoms with Crippen LogP contribution in [0, 0.1) is 0 Å². The molecule has 0 saturated carbocycles. The van der Waals surface area contributed by atoms with E-state index in [1.54, 1.807) is 12.1 Å². The summed E-state index contributed by atoms with van der Waals surface area (Å²) in [6.07, 6.45) is 1.48. The number of nitrogen functional groups attached to an aromatic ring is 1. The Morgan fingerprint density at radius 1 is 1.46 bits per heavy atom. The van der Waals surface area contributed by atoms with Gasteiger partial charge in [0.15, 0.2) is 0 Å². The Labute approximate surface area is 72.4 Å². The molecular formula is C7H6N4O2. The van der Waals surface area contributed by atoms with Crippen molar-refractivity contribution in [2.45, 2.75) is 0 Å². The highest BCUT2D eigenvalue weighted by molar-refractivity contribution is 5.52. The van der Waals surface area contributed by atoms with E-state index in [1.165, 1.54) is 6.20 Å². The van der Waals surface area contributed by atoms with Gasteiger partial charge in [0, 0.05) is 6.20 Å². The number of H-pyrrole nitrogens is 1. The third kappa shape index (κ3) is 1.41. The van der Waals surface area contributed by atoms with E-state index in [0.717, 1.165) is 0 Å². The second-order valence-corrected chi connectivity index (χ2v) is 2.39. The van der Waals surface area contributed by atoms with Crippen molar-refractivity contribution in [2.24, 2.45) is 0 Å². The minimum Gasteiger partial charge on any atom is -0.388 e. The van der Waals surface area contributed by atoms with Gasteiger partial charge in [0.25, 0.3) is 5.89 Å². The SMILES string of the molecule is Nc1ccc(-c2n[nH]c(=O)o2)cn1. The number of nitrogens with two attached hydrogens (primary N) is 1. The zero-order valence-electron chi connectivity index (χ0n) is 6.52. The first-order chi connectivity index (χ1) is 6.25. The number of nitrogens with zero attached hydrogens (tertiary/aromatic N) is 2. The Hall–Kier alpha value is -2.11. The molecule has 0 spiro atoms. The molecule has 0 radical (unpaired) electrons. The highest BCUT2D eigenvalue weighted by Gasteiger charge is 2.04. The fourth-order valence-electron chi connectivity index (χ4n) is 0.885. The molecule has 2 heterocycles. The van der Waals surface area contributed by atoms with Gasteiger partial charge in [-0.25, -0.2) is 14.9 Å². The predicted octanol–water partition coefficient (Wildman–Crippen LogP) is 0.00710. The van der Waals surface area contributed by atoms with Gasteiger partial charge in [-0.3, -0.25) is 0 Å². The lowest BCUT2D eigenvalue weighted by Gasteiger charge is -1.93. The van der Waals surface area contributed by atoms with Crippen molar-refractivity contribution in [3.63, 3.8) is 0 Å². The molecule has 0 bridgehead atoms. The van der Waals surface area contributed by atoms with E-state index in [1.807, 2.05) is 0 Å². The summed E-state index contributed by atoms with van der Waals surface area (Å²) in [5.41, 5.74) is 5.98. The lowest BCUT2D eigenvalue weighted by atomic mass is 10.3. The molecule has 0 fully saturated rings. The van der Waals surface area contributed by atoms with Gasteiger partial charge in [-0.2, -0.15) is 0 Å². The Balaban J connectivity index is 2.47. The number of pyridine rings is 1. The molecular weight excluding hydrogens is 172 g/mol. The molecule has 0 amide bonds. The van der Waals surface area contributed by atoms with Gasteiger partial charge in [-0.1, -0.05) is 0 Å². The quantitative estimate of drug-likeness (QED) is 0.640. The number of aromatic nitrogens is 3. The normalized spacial score (nSPS) is 10.2. The van der Waals surface area contributed by atoms with E-state index in [4.69, 9.17) is 10.2 Å². The van der Waals surface area contributed by atoms with Crippen LogP contribution < -0.4 is 11.5 Å². The molecule has 0 saturated heterocycles. The molecule has 0 unspecified atom stereocenters. The molecule has 0 aliphatic rings. The number of hydrogen-bond donors (Lipinski definition) is 2. The summed E-state index contributed by atoms with van der Waals surface area (Å²) in [6, 6.07) is 3.27. The van der Waals surface area contributed by atoms with E-state index < -0.39 is 5.76 Å². The van der Waals surface area contributed by atoms with E-state index in [2.05, 4.69) is 15.2 Å². The first-order valence-corrected chi connectivity index (χ1v) is 3.53. The van der Waals surface area contributed by atoms with Gasteiger partial charge in [0.2, 0.25) is 0 Å². The topological polar surface area (TPSA) is 97.8 Å². The van der Waals surface area contributed by atoms with Gasteiger partial charge in [-0.15, -0.1) is 5.10 Å². The van der Waals surface area contributed by atoms with Crippen molar-refractivity contribution in [1.29, 1.82) is 0 Å². The lowest BCUT2D eigenvalue weighted by Crippen LogP contribution is -1.93. The van der Waals surface area contributed by atoms with Crippen molar-refractivity contribution >= 4 is 5.82 Å². The summed E-state index contributed by atoms with van der Waals surface area (Å²) in [5, 5.41) is 5.78. The summed E-state index contributed by atoms with van der Waals surface area (Å²) in [4.78, 5) is 14.4. The second kappa shape index (κ2) is 2.74. The molecule has 66 valence electrons. The largest absolute Gasteiger partial charge is 0.434 e. The van der Waals surface area contributed by atoms with E-state index in [9.17, 15) is 4.79 Å². The smallest absolute Gasteiger partial charge is 0.388 e. The maximum Gasteiger partial charge on any atom is 0.434 e. The van der Waals surface area contributed by atoms with Crippen LogP contribution in [0.3, 0.4) is 0 Å². The summed E-state index contributed by atoms with van der Waals surface area (Å²) in [6.45, 7) is 0. The van der Waals surface area contributed by atoms with Crippen molar-refractivity contribution < 1.29 is 4.42 Å². The van der Waals surface area contributed by atoms with Crippen molar-refractivity contribution in [2.75, 3.05) is 5.73 Å². The lowest BCUT2D eigenvalue weighted by molar-refractivity contribution is 0.527. The van der Waals surface area contributed by atoms with Crippen molar-refractivity contribution in [3.8, 4) is 11.5 Å². The van der Waals surface area contributed by atoms with Gasteiger partial charge >= 0.3 is 5.76 Å². The van der Waals surface area contributed by atoms with Crippen LogP contribution in [0.5, 0.6) is 0 Å². The maximum absolute atomic E-state index is 10.6. The minimum absolute atomic E-state index is 0.206. The third-order valence-corrected chi connectivity index (χ3v) is 1.47. The van der Waals surface area contributed by atoms with Crippen LogP contribution in [-0.2, 0) is 0 Å².